The predicted molar refractivity (Wildman–Crippen MR) is 108 cm³/mol. The van der Waals surface area contributed by atoms with Crippen LogP contribution in [0.25, 0.3) is 0 Å². The van der Waals surface area contributed by atoms with Gasteiger partial charge in [-0.15, -0.1) is 0 Å². The van der Waals surface area contributed by atoms with Crippen molar-refractivity contribution in [2.45, 2.75) is 109 Å². The summed E-state index contributed by atoms with van der Waals surface area (Å²) in [5.41, 5.74) is 0. The smallest absolute Gasteiger partial charge is 0.306 e. The van der Waals surface area contributed by atoms with Gasteiger partial charge in [0.2, 0.25) is 5.79 Å². The van der Waals surface area contributed by atoms with E-state index in [0.717, 1.165) is 38.5 Å². The van der Waals surface area contributed by atoms with Gasteiger partial charge in [0.15, 0.2) is 0 Å². The van der Waals surface area contributed by atoms with E-state index in [-0.39, 0.29) is 24.9 Å². The van der Waals surface area contributed by atoms with E-state index in [2.05, 4.69) is 0 Å². The highest BCUT2D eigenvalue weighted by Crippen LogP contribution is 2.32. The Hall–Kier alpha value is -1.22. The molecule has 1 saturated carbocycles. The van der Waals surface area contributed by atoms with Crippen LogP contribution < -0.4 is 0 Å². The summed E-state index contributed by atoms with van der Waals surface area (Å²) in [6.07, 6.45) is 12.0. The number of carbonyl (C=O) groups is 2. The molecule has 1 spiro atoms. The van der Waals surface area contributed by atoms with Crippen LogP contribution in [-0.4, -0.2) is 42.1 Å². The molecule has 1 heterocycles. The second-order valence-corrected chi connectivity index (χ2v) is 8.62. The summed E-state index contributed by atoms with van der Waals surface area (Å²) in [5.74, 6) is -2.44. The predicted octanol–water partition coefficient (Wildman–Crippen LogP) is 4.70. The first-order valence-corrected chi connectivity index (χ1v) is 11.5. The highest BCUT2D eigenvalue weighted by Gasteiger charge is 2.37. The van der Waals surface area contributed by atoms with E-state index in [1.807, 2.05) is 0 Å². The normalized spacial score (nSPS) is 23.4. The van der Waals surface area contributed by atoms with Crippen LogP contribution in [0.5, 0.6) is 0 Å². The number of hydrogen-bond acceptors (Lipinski definition) is 7. The summed E-state index contributed by atoms with van der Waals surface area (Å²) < 4.78 is 5.27. The van der Waals surface area contributed by atoms with Crippen LogP contribution in [0.1, 0.15) is 96.8 Å². The van der Waals surface area contributed by atoms with Gasteiger partial charge in [-0.1, -0.05) is 44.9 Å². The molecule has 0 bridgehead atoms. The molecule has 0 amide bonds. The summed E-state index contributed by atoms with van der Waals surface area (Å²) >= 11 is 0. The number of carbonyl (C=O) groups excluding carboxylic acids is 1. The molecule has 1 N–H and O–H groups in total. The molecule has 2 fully saturated rings. The van der Waals surface area contributed by atoms with Gasteiger partial charge in [-0.3, -0.25) is 9.59 Å². The van der Waals surface area contributed by atoms with Crippen LogP contribution in [0, 0.1) is 5.92 Å². The molecule has 1 saturated heterocycles. The fourth-order valence-electron chi connectivity index (χ4n) is 4.00. The summed E-state index contributed by atoms with van der Waals surface area (Å²) in [5, 5.41) is 8.64. The monoisotopic (exact) mass is 430 g/mol. The zero-order chi connectivity index (χ0) is 21.7. The molecular weight excluding hydrogens is 392 g/mol. The van der Waals surface area contributed by atoms with E-state index in [4.69, 9.17) is 29.4 Å². The highest BCUT2D eigenvalue weighted by molar-refractivity contribution is 5.76. The molecule has 2 aliphatic rings. The van der Waals surface area contributed by atoms with Crippen LogP contribution in [0.4, 0.5) is 0 Å². The Bertz CT molecular complexity index is 485. The third-order valence-corrected chi connectivity index (χ3v) is 5.69. The molecule has 1 unspecified atom stereocenters. The molecule has 1 atom stereocenters. The van der Waals surface area contributed by atoms with Crippen molar-refractivity contribution in [3.05, 3.63) is 0 Å². The molecular formula is C22H38O8. The minimum Gasteiger partial charge on any atom is -0.481 e. The zero-order valence-electron chi connectivity index (χ0n) is 18.3. The molecule has 1 aliphatic carbocycles. The average molecular weight is 431 g/mol. The molecule has 2 rings (SSSR count). The lowest BCUT2D eigenvalue weighted by Crippen LogP contribution is -2.40. The van der Waals surface area contributed by atoms with E-state index in [1.165, 1.54) is 32.1 Å². The molecule has 0 radical (unpaired) electrons. The van der Waals surface area contributed by atoms with Gasteiger partial charge in [0.1, 0.15) is 0 Å². The number of hydrogen-bond donors (Lipinski definition) is 1. The minimum atomic E-state index is -1.02. The van der Waals surface area contributed by atoms with Gasteiger partial charge in [-0.05, 0) is 26.2 Å². The van der Waals surface area contributed by atoms with Gasteiger partial charge in [0.05, 0.1) is 32.2 Å². The van der Waals surface area contributed by atoms with Crippen molar-refractivity contribution in [3.63, 3.8) is 0 Å². The Morgan fingerprint density at radius 3 is 1.90 bits per heavy atom. The van der Waals surface area contributed by atoms with Crippen molar-refractivity contribution in [3.8, 4) is 0 Å². The first kappa shape index (κ1) is 25.0. The van der Waals surface area contributed by atoms with Crippen LogP contribution in [-0.2, 0) is 33.9 Å². The molecule has 1 aliphatic heterocycles. The summed E-state index contributed by atoms with van der Waals surface area (Å²) in [7, 11) is 0. The third-order valence-electron chi connectivity index (χ3n) is 5.69. The number of ether oxygens (including phenoxy) is 1. The zero-order valence-corrected chi connectivity index (χ0v) is 18.3. The lowest BCUT2D eigenvalue weighted by Gasteiger charge is -2.34. The number of carboxylic acid groups (broad SMARTS) is 1. The lowest BCUT2D eigenvalue weighted by atomic mass is 9.97. The number of esters is 1. The Morgan fingerprint density at radius 1 is 0.900 bits per heavy atom. The molecule has 174 valence electrons. The average Bonchev–Trinajstić information content (AvgIpc) is 2.67. The molecule has 8 nitrogen and oxygen atoms in total. The lowest BCUT2D eigenvalue weighted by molar-refractivity contribution is -0.531. The van der Waals surface area contributed by atoms with Gasteiger partial charge in [-0.25, -0.2) is 9.78 Å². The van der Waals surface area contributed by atoms with Crippen LogP contribution in [0.3, 0.4) is 0 Å². The summed E-state index contributed by atoms with van der Waals surface area (Å²) in [6.45, 7) is 2.41. The molecule has 0 aromatic carbocycles. The van der Waals surface area contributed by atoms with Crippen LogP contribution in [0.2, 0.25) is 0 Å². The fourth-order valence-corrected chi connectivity index (χ4v) is 4.00. The maximum Gasteiger partial charge on any atom is 0.306 e. The standard InChI is InChI=1S/C22H38O8/c1-18(28-21(25)12-11-20(23)24)15-19-16-26-29-22(30-27-17-19)13-9-7-5-3-2-4-6-8-10-14-22/h18-19H,2-17H2,1H3,(H,23,24). The Morgan fingerprint density at radius 2 is 1.40 bits per heavy atom. The number of carboxylic acids is 1. The first-order valence-electron chi connectivity index (χ1n) is 11.5. The Kier molecular flexibility index (Phi) is 11.7. The van der Waals surface area contributed by atoms with Crippen molar-refractivity contribution in [2.24, 2.45) is 5.92 Å². The van der Waals surface area contributed by atoms with E-state index in [1.54, 1.807) is 6.92 Å². The fraction of sp³-hybridized carbons (Fsp3) is 0.909. The van der Waals surface area contributed by atoms with E-state index < -0.39 is 17.7 Å². The van der Waals surface area contributed by atoms with Crippen molar-refractivity contribution in [1.29, 1.82) is 0 Å². The largest absolute Gasteiger partial charge is 0.481 e. The molecule has 8 heteroatoms. The van der Waals surface area contributed by atoms with Crippen molar-refractivity contribution in [1.82, 2.24) is 0 Å². The highest BCUT2D eigenvalue weighted by atomic mass is 17.3. The maximum absolute atomic E-state index is 11.7. The van der Waals surface area contributed by atoms with Gasteiger partial charge in [0.25, 0.3) is 0 Å². The second kappa shape index (κ2) is 14.0. The van der Waals surface area contributed by atoms with Crippen molar-refractivity contribution >= 4 is 11.9 Å². The Balaban J connectivity index is 1.77. The summed E-state index contributed by atoms with van der Waals surface area (Å²) in [4.78, 5) is 44.9. The van der Waals surface area contributed by atoms with Crippen LogP contribution >= 0.6 is 0 Å². The van der Waals surface area contributed by atoms with E-state index in [9.17, 15) is 9.59 Å². The van der Waals surface area contributed by atoms with Crippen molar-refractivity contribution < 1.29 is 39.0 Å². The van der Waals surface area contributed by atoms with Crippen LogP contribution in [0.15, 0.2) is 0 Å². The van der Waals surface area contributed by atoms with Gasteiger partial charge >= 0.3 is 11.9 Å². The minimum absolute atomic E-state index is 0.0594. The molecule has 0 aromatic heterocycles. The number of aliphatic carboxylic acids is 1. The molecule has 0 aromatic rings. The quantitative estimate of drug-likeness (QED) is 0.478. The Labute approximate surface area is 179 Å². The third kappa shape index (κ3) is 10.2. The van der Waals surface area contributed by atoms with Gasteiger partial charge in [0, 0.05) is 18.8 Å². The topological polar surface area (TPSA) is 101 Å². The SMILES string of the molecule is CC(CC1COOC2(CCCCCCCCCCC2)OOC1)OC(=O)CCC(=O)O. The van der Waals surface area contributed by atoms with Crippen molar-refractivity contribution in [2.75, 3.05) is 13.2 Å². The summed E-state index contributed by atoms with van der Waals surface area (Å²) in [6, 6.07) is 0. The van der Waals surface area contributed by atoms with E-state index in [0.29, 0.717) is 19.6 Å². The second-order valence-electron chi connectivity index (χ2n) is 8.62. The first-order chi connectivity index (χ1) is 14.5. The van der Waals surface area contributed by atoms with Gasteiger partial charge in [-0.2, -0.15) is 9.78 Å². The maximum atomic E-state index is 11.7. The van der Waals surface area contributed by atoms with E-state index >= 15 is 0 Å². The molecule has 30 heavy (non-hydrogen) atoms. The number of rotatable bonds is 6. The van der Waals surface area contributed by atoms with Gasteiger partial charge < -0.3 is 9.84 Å².